The molecule has 0 atom stereocenters. The van der Waals surface area contributed by atoms with Crippen molar-refractivity contribution in [1.82, 2.24) is 20.2 Å². The highest BCUT2D eigenvalue weighted by Gasteiger charge is 2.05. The minimum atomic E-state index is 0. The standard InChI is InChI=1S/C16H31N5.HI/c1-13(2)7-6-8-19-16(17-5)20-11-15-18-9-10-21(15)12-14(3)4;/h9-10,13-14H,6-8,11-12H2,1-5H3,(H2,17,19,20);1H. The van der Waals surface area contributed by atoms with E-state index in [0.29, 0.717) is 12.5 Å². The van der Waals surface area contributed by atoms with E-state index in [4.69, 9.17) is 0 Å². The maximum absolute atomic E-state index is 4.41. The monoisotopic (exact) mass is 421 g/mol. The smallest absolute Gasteiger partial charge is 0.191 e. The molecule has 1 heterocycles. The molecule has 0 aliphatic rings. The first kappa shape index (κ1) is 21.2. The second-order valence-corrected chi connectivity index (χ2v) is 6.28. The van der Waals surface area contributed by atoms with Gasteiger partial charge in [0.1, 0.15) is 5.82 Å². The highest BCUT2D eigenvalue weighted by Crippen LogP contribution is 2.04. The van der Waals surface area contributed by atoms with E-state index in [1.807, 2.05) is 12.4 Å². The Hall–Kier alpha value is -0.790. The van der Waals surface area contributed by atoms with Gasteiger partial charge < -0.3 is 15.2 Å². The van der Waals surface area contributed by atoms with Gasteiger partial charge in [0.05, 0.1) is 6.54 Å². The largest absolute Gasteiger partial charge is 0.356 e. The average Bonchev–Trinajstić information content (AvgIpc) is 2.84. The van der Waals surface area contributed by atoms with Gasteiger partial charge >= 0.3 is 0 Å². The van der Waals surface area contributed by atoms with Crippen LogP contribution in [-0.4, -0.2) is 29.1 Å². The Balaban J connectivity index is 0.00000441. The van der Waals surface area contributed by atoms with Gasteiger partial charge in [0, 0.05) is 32.5 Å². The summed E-state index contributed by atoms with van der Waals surface area (Å²) in [7, 11) is 1.80. The number of imidazole rings is 1. The summed E-state index contributed by atoms with van der Waals surface area (Å²) in [6.45, 7) is 11.6. The van der Waals surface area contributed by atoms with Crippen LogP contribution in [-0.2, 0) is 13.1 Å². The van der Waals surface area contributed by atoms with Gasteiger partial charge in [-0.05, 0) is 24.7 Å². The normalized spacial score (nSPS) is 11.7. The van der Waals surface area contributed by atoms with Crippen molar-refractivity contribution in [3.63, 3.8) is 0 Å². The molecule has 22 heavy (non-hydrogen) atoms. The number of nitrogens with one attached hydrogen (secondary N) is 2. The van der Waals surface area contributed by atoms with Crippen LogP contribution in [0, 0.1) is 11.8 Å². The second-order valence-electron chi connectivity index (χ2n) is 6.28. The van der Waals surface area contributed by atoms with Gasteiger partial charge in [-0.15, -0.1) is 24.0 Å². The van der Waals surface area contributed by atoms with Gasteiger partial charge in [0.15, 0.2) is 5.96 Å². The minimum absolute atomic E-state index is 0. The maximum Gasteiger partial charge on any atom is 0.191 e. The van der Waals surface area contributed by atoms with Crippen molar-refractivity contribution < 1.29 is 0 Å². The summed E-state index contributed by atoms with van der Waals surface area (Å²) in [6, 6.07) is 0. The number of guanidine groups is 1. The predicted molar refractivity (Wildman–Crippen MR) is 105 cm³/mol. The average molecular weight is 421 g/mol. The van der Waals surface area contributed by atoms with Crippen molar-refractivity contribution in [2.75, 3.05) is 13.6 Å². The van der Waals surface area contributed by atoms with Crippen molar-refractivity contribution in [2.24, 2.45) is 16.8 Å². The molecule has 128 valence electrons. The lowest BCUT2D eigenvalue weighted by Crippen LogP contribution is -2.38. The zero-order valence-corrected chi connectivity index (χ0v) is 16.9. The third-order valence-corrected chi connectivity index (χ3v) is 3.25. The molecular formula is C16H32IN5. The summed E-state index contributed by atoms with van der Waals surface area (Å²) in [5.74, 6) is 3.27. The first-order valence-corrected chi connectivity index (χ1v) is 7.97. The highest BCUT2D eigenvalue weighted by atomic mass is 127. The van der Waals surface area contributed by atoms with Gasteiger partial charge in [-0.25, -0.2) is 4.98 Å². The van der Waals surface area contributed by atoms with Crippen molar-refractivity contribution >= 4 is 29.9 Å². The summed E-state index contributed by atoms with van der Waals surface area (Å²) in [5, 5.41) is 6.68. The first-order valence-electron chi connectivity index (χ1n) is 7.97. The van der Waals surface area contributed by atoms with Crippen LogP contribution in [0.5, 0.6) is 0 Å². The third kappa shape index (κ3) is 8.60. The van der Waals surface area contributed by atoms with Crippen LogP contribution in [0.2, 0.25) is 0 Å². The van der Waals surface area contributed by atoms with Gasteiger partial charge in [0.2, 0.25) is 0 Å². The van der Waals surface area contributed by atoms with E-state index in [0.717, 1.165) is 30.8 Å². The molecule has 0 fully saturated rings. The van der Waals surface area contributed by atoms with Crippen LogP contribution in [0.1, 0.15) is 46.4 Å². The number of nitrogens with zero attached hydrogens (tertiary/aromatic N) is 3. The molecule has 0 saturated carbocycles. The molecule has 6 heteroatoms. The Labute approximate surface area is 152 Å². The van der Waals surface area contributed by atoms with Gasteiger partial charge in [-0.1, -0.05) is 27.7 Å². The van der Waals surface area contributed by atoms with Crippen molar-refractivity contribution in [3.8, 4) is 0 Å². The predicted octanol–water partition coefficient (Wildman–Crippen LogP) is 3.26. The van der Waals surface area contributed by atoms with Gasteiger partial charge in [-0.3, -0.25) is 4.99 Å². The summed E-state index contributed by atoms with van der Waals surface area (Å²) >= 11 is 0. The van der Waals surface area contributed by atoms with Crippen LogP contribution < -0.4 is 10.6 Å². The zero-order valence-electron chi connectivity index (χ0n) is 14.6. The van der Waals surface area contributed by atoms with Crippen LogP contribution in [0.4, 0.5) is 0 Å². The molecule has 0 aliphatic carbocycles. The molecule has 1 rings (SSSR count). The molecule has 0 saturated heterocycles. The van der Waals surface area contributed by atoms with E-state index in [2.05, 4.69) is 52.9 Å². The fraction of sp³-hybridized carbons (Fsp3) is 0.750. The van der Waals surface area contributed by atoms with E-state index >= 15 is 0 Å². The topological polar surface area (TPSA) is 54.2 Å². The molecule has 5 nitrogen and oxygen atoms in total. The van der Waals surface area contributed by atoms with Crippen molar-refractivity contribution in [3.05, 3.63) is 18.2 Å². The number of rotatable bonds is 8. The highest BCUT2D eigenvalue weighted by molar-refractivity contribution is 14.0. The Morgan fingerprint density at radius 1 is 1.23 bits per heavy atom. The van der Waals surface area contributed by atoms with Crippen LogP contribution in [0.3, 0.4) is 0 Å². The fourth-order valence-electron chi connectivity index (χ4n) is 2.17. The summed E-state index contributed by atoms with van der Waals surface area (Å²) in [5.41, 5.74) is 0. The molecule has 1 aromatic heterocycles. The zero-order chi connectivity index (χ0) is 15.7. The van der Waals surface area contributed by atoms with E-state index < -0.39 is 0 Å². The lowest BCUT2D eigenvalue weighted by Gasteiger charge is -2.14. The number of halogens is 1. The third-order valence-electron chi connectivity index (χ3n) is 3.25. The SMILES string of the molecule is CN=C(NCCCC(C)C)NCc1nccn1CC(C)C.I. The summed E-state index contributed by atoms with van der Waals surface area (Å²) in [4.78, 5) is 8.66. The lowest BCUT2D eigenvalue weighted by molar-refractivity contribution is 0.503. The molecule has 1 aromatic rings. The molecule has 0 radical (unpaired) electrons. The fourth-order valence-corrected chi connectivity index (χ4v) is 2.17. The second kappa shape index (κ2) is 11.7. The Bertz CT molecular complexity index is 426. The number of hydrogen-bond donors (Lipinski definition) is 2. The molecule has 0 aromatic carbocycles. The maximum atomic E-state index is 4.41. The molecule has 0 unspecified atom stereocenters. The number of aliphatic imine (C=N–C) groups is 1. The molecule has 2 N–H and O–H groups in total. The molecule has 0 spiro atoms. The molecular weight excluding hydrogens is 389 g/mol. The Morgan fingerprint density at radius 3 is 2.55 bits per heavy atom. The van der Waals surface area contributed by atoms with Crippen LogP contribution >= 0.6 is 24.0 Å². The number of aromatic nitrogens is 2. The Morgan fingerprint density at radius 2 is 1.95 bits per heavy atom. The van der Waals surface area contributed by atoms with Gasteiger partial charge in [0.25, 0.3) is 0 Å². The quantitative estimate of drug-likeness (QED) is 0.293. The van der Waals surface area contributed by atoms with E-state index in [1.54, 1.807) is 7.05 Å². The van der Waals surface area contributed by atoms with Gasteiger partial charge in [-0.2, -0.15) is 0 Å². The van der Waals surface area contributed by atoms with E-state index in [9.17, 15) is 0 Å². The minimum Gasteiger partial charge on any atom is -0.356 e. The van der Waals surface area contributed by atoms with Crippen molar-refractivity contribution in [2.45, 2.75) is 53.6 Å². The molecule has 0 aliphatic heterocycles. The number of hydrogen-bond acceptors (Lipinski definition) is 2. The molecule has 0 bridgehead atoms. The first-order chi connectivity index (χ1) is 10.0. The summed E-state index contributed by atoms with van der Waals surface area (Å²) in [6.07, 6.45) is 6.30. The molecule has 0 amide bonds. The van der Waals surface area contributed by atoms with Crippen molar-refractivity contribution in [1.29, 1.82) is 0 Å². The van der Waals surface area contributed by atoms with Crippen LogP contribution in [0.15, 0.2) is 17.4 Å². The van der Waals surface area contributed by atoms with E-state index in [1.165, 1.54) is 12.8 Å². The van der Waals surface area contributed by atoms with Crippen LogP contribution in [0.25, 0.3) is 0 Å². The summed E-state index contributed by atoms with van der Waals surface area (Å²) < 4.78 is 2.20. The Kier molecular flexibility index (Phi) is 11.3. The lowest BCUT2D eigenvalue weighted by atomic mass is 10.1. The van der Waals surface area contributed by atoms with E-state index in [-0.39, 0.29) is 24.0 Å².